The number of likely N-dealkylation sites (tertiary alicyclic amines) is 1. The number of carbonyl (C=O) groups excluding carboxylic acids is 1. The monoisotopic (exact) mass is 314 g/mol. The van der Waals surface area contributed by atoms with E-state index in [1.54, 1.807) is 16.8 Å². The molecule has 2 aliphatic rings. The van der Waals surface area contributed by atoms with Crippen molar-refractivity contribution in [1.29, 1.82) is 0 Å². The minimum Gasteiger partial charge on any atom is -0.390 e. The highest BCUT2D eigenvalue weighted by molar-refractivity contribution is 5.93. The van der Waals surface area contributed by atoms with E-state index in [1.807, 2.05) is 24.1 Å². The number of fused-ring (bicyclic) bond motifs is 2. The van der Waals surface area contributed by atoms with Gasteiger partial charge in [-0.3, -0.25) is 9.20 Å². The molecule has 0 bridgehead atoms. The summed E-state index contributed by atoms with van der Waals surface area (Å²) in [6.07, 6.45) is 9.00. The van der Waals surface area contributed by atoms with Gasteiger partial charge >= 0.3 is 0 Å². The van der Waals surface area contributed by atoms with Gasteiger partial charge in [-0.1, -0.05) is 13.3 Å². The third-order valence-corrected chi connectivity index (χ3v) is 5.67. The van der Waals surface area contributed by atoms with Gasteiger partial charge in [-0.2, -0.15) is 0 Å². The average molecular weight is 314 g/mol. The molecule has 1 saturated carbocycles. The lowest BCUT2D eigenvalue weighted by atomic mass is 9.69. The molecule has 6 nitrogen and oxygen atoms in total. The number of rotatable bonds is 2. The van der Waals surface area contributed by atoms with Crippen LogP contribution in [0.15, 0.2) is 24.7 Å². The van der Waals surface area contributed by atoms with E-state index in [0.717, 1.165) is 32.2 Å². The number of nitrogens with zero attached hydrogens (tertiary/aromatic N) is 4. The summed E-state index contributed by atoms with van der Waals surface area (Å²) in [6, 6.07) is 1.81. The van der Waals surface area contributed by atoms with Crippen molar-refractivity contribution in [2.45, 2.75) is 38.2 Å². The van der Waals surface area contributed by atoms with Gasteiger partial charge < -0.3 is 10.0 Å². The molecule has 1 saturated heterocycles. The third-order valence-electron chi connectivity index (χ3n) is 5.67. The zero-order valence-corrected chi connectivity index (χ0v) is 13.4. The standard InChI is InChI=1S/C17H22N4O2/c1-2-17(23)6-3-5-12-9-21(10-13(12)17)15(22)14-11-20-8-4-7-18-16(20)19-14/h4,7-8,11-13,23H,2-3,5-6,9-10H2,1H3/t12-,13+,17-/m0/s1. The predicted octanol–water partition coefficient (Wildman–Crippen LogP) is 1.74. The lowest BCUT2D eigenvalue weighted by Gasteiger charge is -2.40. The topological polar surface area (TPSA) is 70.7 Å². The van der Waals surface area contributed by atoms with Crippen LogP contribution in [0.2, 0.25) is 0 Å². The molecule has 0 aromatic carbocycles. The minimum absolute atomic E-state index is 0.0525. The smallest absolute Gasteiger partial charge is 0.274 e. The Bertz CT molecular complexity index is 710. The van der Waals surface area contributed by atoms with Crippen molar-refractivity contribution in [3.8, 4) is 0 Å². The zero-order valence-electron chi connectivity index (χ0n) is 13.4. The van der Waals surface area contributed by atoms with Gasteiger partial charge in [-0.25, -0.2) is 9.97 Å². The van der Waals surface area contributed by atoms with Crippen LogP contribution in [0.3, 0.4) is 0 Å². The summed E-state index contributed by atoms with van der Waals surface area (Å²) in [5.41, 5.74) is -0.180. The number of carbonyl (C=O) groups is 1. The van der Waals surface area contributed by atoms with Gasteiger partial charge in [0.1, 0.15) is 5.69 Å². The molecule has 6 heteroatoms. The molecule has 2 aromatic rings. The Morgan fingerprint density at radius 1 is 1.48 bits per heavy atom. The van der Waals surface area contributed by atoms with Crippen LogP contribution >= 0.6 is 0 Å². The van der Waals surface area contributed by atoms with Gasteiger partial charge in [0, 0.05) is 37.6 Å². The average Bonchev–Trinajstić information content (AvgIpc) is 3.19. The highest BCUT2D eigenvalue weighted by Gasteiger charge is 2.48. The Balaban J connectivity index is 1.58. The second kappa shape index (κ2) is 5.30. The number of imidazole rings is 1. The number of aromatic nitrogens is 3. The van der Waals surface area contributed by atoms with Gasteiger partial charge in [-0.15, -0.1) is 0 Å². The van der Waals surface area contributed by atoms with Crippen LogP contribution in [-0.4, -0.2) is 49.0 Å². The molecule has 1 aliphatic carbocycles. The molecule has 3 heterocycles. The van der Waals surface area contributed by atoms with E-state index < -0.39 is 5.60 Å². The van der Waals surface area contributed by atoms with Crippen molar-refractivity contribution in [2.75, 3.05) is 13.1 Å². The van der Waals surface area contributed by atoms with Crippen LogP contribution in [0.4, 0.5) is 0 Å². The molecule has 0 radical (unpaired) electrons. The first-order chi connectivity index (χ1) is 11.1. The Kier molecular flexibility index (Phi) is 3.37. The molecule has 1 amide bonds. The molecule has 122 valence electrons. The summed E-state index contributed by atoms with van der Waals surface area (Å²) in [4.78, 5) is 23.2. The minimum atomic E-state index is -0.613. The predicted molar refractivity (Wildman–Crippen MR) is 85.0 cm³/mol. The number of hydrogen-bond acceptors (Lipinski definition) is 4. The molecule has 0 unspecified atom stereocenters. The van der Waals surface area contributed by atoms with Crippen molar-refractivity contribution in [3.05, 3.63) is 30.4 Å². The second-order valence-corrected chi connectivity index (χ2v) is 6.88. The fraction of sp³-hybridized carbons (Fsp3) is 0.588. The van der Waals surface area contributed by atoms with Crippen molar-refractivity contribution in [3.63, 3.8) is 0 Å². The summed E-state index contributed by atoms with van der Waals surface area (Å²) >= 11 is 0. The lowest BCUT2D eigenvalue weighted by molar-refractivity contribution is -0.0609. The maximum absolute atomic E-state index is 12.8. The third kappa shape index (κ3) is 2.32. The van der Waals surface area contributed by atoms with E-state index >= 15 is 0 Å². The lowest BCUT2D eigenvalue weighted by Crippen LogP contribution is -2.44. The molecular weight excluding hydrogens is 292 g/mol. The van der Waals surface area contributed by atoms with Crippen LogP contribution in [0.5, 0.6) is 0 Å². The fourth-order valence-electron chi connectivity index (χ4n) is 4.33. The maximum atomic E-state index is 12.8. The van der Waals surface area contributed by atoms with Gasteiger partial charge in [0.25, 0.3) is 5.91 Å². The van der Waals surface area contributed by atoms with Gasteiger partial charge in [-0.05, 0) is 31.2 Å². The zero-order chi connectivity index (χ0) is 16.0. The van der Waals surface area contributed by atoms with Crippen molar-refractivity contribution in [2.24, 2.45) is 11.8 Å². The molecule has 3 atom stereocenters. The van der Waals surface area contributed by atoms with Gasteiger partial charge in [0.15, 0.2) is 0 Å². The summed E-state index contributed by atoms with van der Waals surface area (Å²) in [5, 5.41) is 10.9. The molecule has 1 N–H and O–H groups in total. The molecule has 4 rings (SSSR count). The van der Waals surface area contributed by atoms with Gasteiger partial charge in [0.2, 0.25) is 5.78 Å². The van der Waals surface area contributed by atoms with Crippen LogP contribution in [0.1, 0.15) is 43.1 Å². The molecule has 0 spiro atoms. The highest BCUT2D eigenvalue weighted by atomic mass is 16.3. The molecule has 1 aliphatic heterocycles. The van der Waals surface area contributed by atoms with Crippen molar-refractivity contribution in [1.82, 2.24) is 19.3 Å². The highest BCUT2D eigenvalue weighted by Crippen LogP contribution is 2.44. The Morgan fingerprint density at radius 2 is 2.35 bits per heavy atom. The van der Waals surface area contributed by atoms with Crippen LogP contribution in [0.25, 0.3) is 5.78 Å². The second-order valence-electron chi connectivity index (χ2n) is 6.88. The van der Waals surface area contributed by atoms with Crippen LogP contribution in [-0.2, 0) is 0 Å². The van der Waals surface area contributed by atoms with E-state index in [-0.39, 0.29) is 11.8 Å². The Labute approximate surface area is 135 Å². The quantitative estimate of drug-likeness (QED) is 0.916. The SMILES string of the molecule is CC[C@]1(O)CCC[C@H]2CN(C(=O)c3cn4cccnc4n3)C[C@H]21. The number of amides is 1. The summed E-state index contributed by atoms with van der Waals surface area (Å²) in [5.74, 6) is 1.09. The first-order valence-electron chi connectivity index (χ1n) is 8.42. The first-order valence-corrected chi connectivity index (χ1v) is 8.42. The Hall–Kier alpha value is -1.95. The van der Waals surface area contributed by atoms with Crippen LogP contribution in [0, 0.1) is 11.8 Å². The summed E-state index contributed by atoms with van der Waals surface area (Å²) < 4.78 is 1.76. The maximum Gasteiger partial charge on any atom is 0.274 e. The normalized spacial score (nSPS) is 30.6. The molecule has 2 aromatic heterocycles. The van der Waals surface area contributed by atoms with Crippen molar-refractivity contribution >= 4 is 11.7 Å². The summed E-state index contributed by atoms with van der Waals surface area (Å²) in [6.45, 7) is 3.41. The van der Waals surface area contributed by atoms with E-state index in [9.17, 15) is 9.90 Å². The molecule has 2 fully saturated rings. The van der Waals surface area contributed by atoms with E-state index in [0.29, 0.717) is 23.9 Å². The van der Waals surface area contributed by atoms with Gasteiger partial charge in [0.05, 0.1) is 5.60 Å². The van der Waals surface area contributed by atoms with E-state index in [2.05, 4.69) is 9.97 Å². The Morgan fingerprint density at radius 3 is 3.13 bits per heavy atom. The number of hydrogen-bond donors (Lipinski definition) is 1. The van der Waals surface area contributed by atoms with Crippen molar-refractivity contribution < 1.29 is 9.90 Å². The number of aliphatic hydroxyl groups is 1. The first kappa shape index (κ1) is 14.6. The van der Waals surface area contributed by atoms with E-state index in [4.69, 9.17) is 0 Å². The van der Waals surface area contributed by atoms with Crippen LogP contribution < -0.4 is 0 Å². The summed E-state index contributed by atoms with van der Waals surface area (Å²) in [7, 11) is 0. The molecular formula is C17H22N4O2. The van der Waals surface area contributed by atoms with E-state index in [1.165, 1.54) is 0 Å². The molecule has 23 heavy (non-hydrogen) atoms. The fourth-order valence-corrected chi connectivity index (χ4v) is 4.33. The largest absolute Gasteiger partial charge is 0.390 e.